The number of halogens is 1. The largest absolute Gasteiger partial charge is 0.289 e. The van der Waals surface area contributed by atoms with Gasteiger partial charge in [0.2, 0.25) is 0 Å². The van der Waals surface area contributed by atoms with Crippen molar-refractivity contribution in [2.75, 3.05) is 0 Å². The number of rotatable bonds is 4. The number of nitrogens with one attached hydrogen (secondary N) is 2. The Morgan fingerprint density at radius 2 is 2.00 bits per heavy atom. The average molecular weight is 339 g/mol. The molecule has 1 heterocycles. The van der Waals surface area contributed by atoms with Crippen LogP contribution in [0.15, 0.2) is 59.7 Å². The van der Waals surface area contributed by atoms with Crippen molar-refractivity contribution in [3.8, 4) is 11.3 Å². The van der Waals surface area contributed by atoms with Gasteiger partial charge in [0.15, 0.2) is 0 Å². The molecule has 0 bridgehead atoms. The molecular weight excluding hydrogens is 324 g/mol. The van der Waals surface area contributed by atoms with Crippen molar-refractivity contribution in [3.05, 3.63) is 76.4 Å². The molecule has 2 N–H and O–H groups in total. The van der Waals surface area contributed by atoms with Gasteiger partial charge in [0.1, 0.15) is 5.69 Å². The number of carbonyl (C=O) groups excluding carboxylic acids is 1. The molecule has 24 heavy (non-hydrogen) atoms. The summed E-state index contributed by atoms with van der Waals surface area (Å²) in [4.78, 5) is 12.1. The molecule has 0 saturated carbocycles. The van der Waals surface area contributed by atoms with E-state index in [0.29, 0.717) is 16.4 Å². The Morgan fingerprint density at radius 1 is 1.21 bits per heavy atom. The number of benzene rings is 2. The van der Waals surface area contributed by atoms with Crippen molar-refractivity contribution in [2.24, 2.45) is 5.10 Å². The second-order valence-electron chi connectivity index (χ2n) is 5.29. The number of hydrazone groups is 1. The minimum atomic E-state index is -0.362. The smallest absolute Gasteiger partial charge is 0.272 e. The fourth-order valence-electron chi connectivity index (χ4n) is 2.12. The molecule has 120 valence electrons. The highest BCUT2D eigenvalue weighted by molar-refractivity contribution is 6.30. The van der Waals surface area contributed by atoms with Crippen LogP contribution in [0, 0.1) is 6.92 Å². The normalized spacial score (nSPS) is 10.9. The lowest BCUT2D eigenvalue weighted by molar-refractivity contribution is 0.0950. The molecule has 0 spiro atoms. The lowest BCUT2D eigenvalue weighted by Gasteiger charge is -1.97. The minimum absolute atomic E-state index is 0.341. The Labute approximate surface area is 144 Å². The van der Waals surface area contributed by atoms with Crippen LogP contribution in [0.4, 0.5) is 0 Å². The van der Waals surface area contributed by atoms with Crippen LogP contribution in [-0.4, -0.2) is 22.3 Å². The highest BCUT2D eigenvalue weighted by atomic mass is 35.5. The quantitative estimate of drug-likeness (QED) is 0.561. The van der Waals surface area contributed by atoms with E-state index < -0.39 is 0 Å². The summed E-state index contributed by atoms with van der Waals surface area (Å²) in [5, 5.41) is 11.4. The van der Waals surface area contributed by atoms with Gasteiger partial charge in [-0.2, -0.15) is 10.2 Å². The number of nitrogens with zero attached hydrogens (tertiary/aromatic N) is 2. The van der Waals surface area contributed by atoms with Crippen LogP contribution in [0.25, 0.3) is 11.3 Å². The second kappa shape index (κ2) is 7.10. The van der Waals surface area contributed by atoms with E-state index in [2.05, 4.69) is 20.7 Å². The van der Waals surface area contributed by atoms with Crippen molar-refractivity contribution >= 4 is 23.7 Å². The molecule has 0 atom stereocenters. The number of carbonyl (C=O) groups is 1. The maximum atomic E-state index is 12.1. The van der Waals surface area contributed by atoms with E-state index in [1.54, 1.807) is 18.2 Å². The van der Waals surface area contributed by atoms with Crippen molar-refractivity contribution < 1.29 is 4.79 Å². The molecule has 0 saturated heterocycles. The highest BCUT2D eigenvalue weighted by Gasteiger charge is 2.10. The lowest BCUT2D eigenvalue weighted by atomic mass is 10.1. The van der Waals surface area contributed by atoms with E-state index in [9.17, 15) is 4.79 Å². The number of amides is 1. The molecule has 0 fully saturated rings. The zero-order chi connectivity index (χ0) is 16.9. The van der Waals surface area contributed by atoms with Crippen molar-refractivity contribution in [1.29, 1.82) is 0 Å². The third-order valence-electron chi connectivity index (χ3n) is 3.40. The Morgan fingerprint density at radius 3 is 2.75 bits per heavy atom. The molecule has 5 nitrogen and oxygen atoms in total. The van der Waals surface area contributed by atoms with Crippen LogP contribution in [0.1, 0.15) is 21.6 Å². The first kappa shape index (κ1) is 16.0. The fourth-order valence-corrected chi connectivity index (χ4v) is 2.32. The zero-order valence-electron chi connectivity index (χ0n) is 13.0. The van der Waals surface area contributed by atoms with E-state index in [1.165, 1.54) is 11.8 Å². The topological polar surface area (TPSA) is 70.1 Å². The molecular formula is C18H15ClN4O. The van der Waals surface area contributed by atoms with Gasteiger partial charge in [-0.15, -0.1) is 0 Å². The monoisotopic (exact) mass is 338 g/mol. The molecule has 2 aromatic carbocycles. The lowest BCUT2D eigenvalue weighted by Crippen LogP contribution is -2.17. The summed E-state index contributed by atoms with van der Waals surface area (Å²) in [6.45, 7) is 2.02. The molecule has 1 amide bonds. The average Bonchev–Trinajstić information content (AvgIpc) is 3.05. The molecule has 1 aromatic heterocycles. The van der Waals surface area contributed by atoms with E-state index in [0.717, 1.165) is 11.1 Å². The first-order valence-corrected chi connectivity index (χ1v) is 7.71. The maximum absolute atomic E-state index is 12.1. The van der Waals surface area contributed by atoms with Gasteiger partial charge in [-0.1, -0.05) is 53.6 Å². The summed E-state index contributed by atoms with van der Waals surface area (Å²) in [5.74, 6) is -0.362. The van der Waals surface area contributed by atoms with Gasteiger partial charge >= 0.3 is 0 Å². The second-order valence-corrected chi connectivity index (χ2v) is 5.72. The van der Waals surface area contributed by atoms with Crippen LogP contribution in [0.3, 0.4) is 0 Å². The van der Waals surface area contributed by atoms with Crippen LogP contribution in [-0.2, 0) is 0 Å². The number of aromatic amines is 1. The number of H-pyrrole nitrogens is 1. The van der Waals surface area contributed by atoms with Crippen LogP contribution < -0.4 is 5.43 Å². The summed E-state index contributed by atoms with van der Waals surface area (Å²) >= 11 is 5.89. The van der Waals surface area contributed by atoms with Gasteiger partial charge < -0.3 is 0 Å². The van der Waals surface area contributed by atoms with E-state index in [-0.39, 0.29) is 5.91 Å². The van der Waals surface area contributed by atoms with Crippen molar-refractivity contribution in [2.45, 2.75) is 6.92 Å². The highest BCUT2D eigenvalue weighted by Crippen LogP contribution is 2.18. The van der Waals surface area contributed by atoms with Gasteiger partial charge in [0, 0.05) is 10.6 Å². The van der Waals surface area contributed by atoms with E-state index >= 15 is 0 Å². The standard InChI is InChI=1S/C18H15ClN4O/c1-12-5-7-14(8-6-12)16-10-17(22-21-16)18(24)23-20-11-13-3-2-4-15(19)9-13/h2-11H,1H3,(H,21,22)(H,23,24)/b20-11+. The third-order valence-corrected chi connectivity index (χ3v) is 3.63. The van der Waals surface area contributed by atoms with Gasteiger partial charge in [-0.05, 0) is 30.7 Å². The number of hydrogen-bond donors (Lipinski definition) is 2. The first-order chi connectivity index (χ1) is 11.6. The molecule has 0 radical (unpaired) electrons. The predicted molar refractivity (Wildman–Crippen MR) is 95.3 cm³/mol. The predicted octanol–water partition coefficient (Wildman–Crippen LogP) is 3.80. The minimum Gasteiger partial charge on any atom is -0.272 e. The number of aryl methyl sites for hydroxylation is 1. The van der Waals surface area contributed by atoms with Gasteiger partial charge in [0.05, 0.1) is 11.9 Å². The molecule has 6 heteroatoms. The number of aromatic nitrogens is 2. The zero-order valence-corrected chi connectivity index (χ0v) is 13.7. The molecule has 3 aromatic rings. The third kappa shape index (κ3) is 3.88. The van der Waals surface area contributed by atoms with E-state index in [4.69, 9.17) is 11.6 Å². The summed E-state index contributed by atoms with van der Waals surface area (Å²) in [6.07, 6.45) is 1.53. The van der Waals surface area contributed by atoms with Gasteiger partial charge in [-0.25, -0.2) is 5.43 Å². The first-order valence-electron chi connectivity index (χ1n) is 7.33. The van der Waals surface area contributed by atoms with E-state index in [1.807, 2.05) is 43.3 Å². The summed E-state index contributed by atoms with van der Waals surface area (Å²) in [7, 11) is 0. The summed E-state index contributed by atoms with van der Waals surface area (Å²) in [5.41, 5.74) is 6.42. The van der Waals surface area contributed by atoms with Crippen LogP contribution in [0.2, 0.25) is 5.02 Å². The molecule has 0 aliphatic carbocycles. The molecule has 0 aliphatic rings. The Balaban J connectivity index is 1.66. The van der Waals surface area contributed by atoms with Crippen LogP contribution in [0.5, 0.6) is 0 Å². The van der Waals surface area contributed by atoms with Gasteiger partial charge in [-0.3, -0.25) is 9.89 Å². The maximum Gasteiger partial charge on any atom is 0.289 e. The van der Waals surface area contributed by atoms with Crippen LogP contribution >= 0.6 is 11.6 Å². The SMILES string of the molecule is Cc1ccc(-c2cc(C(=O)N/N=C/c3cccc(Cl)c3)[nH]n2)cc1. The molecule has 0 aliphatic heterocycles. The number of hydrogen-bond acceptors (Lipinski definition) is 3. The molecule has 3 rings (SSSR count). The van der Waals surface area contributed by atoms with Crippen molar-refractivity contribution in [1.82, 2.24) is 15.6 Å². The Kier molecular flexibility index (Phi) is 4.72. The fraction of sp³-hybridized carbons (Fsp3) is 0.0556. The Bertz CT molecular complexity index is 884. The molecule has 0 unspecified atom stereocenters. The summed E-state index contributed by atoms with van der Waals surface area (Å²) in [6, 6.07) is 16.8. The van der Waals surface area contributed by atoms with Crippen molar-refractivity contribution in [3.63, 3.8) is 0 Å². The Hall–Kier alpha value is -2.92. The summed E-state index contributed by atoms with van der Waals surface area (Å²) < 4.78 is 0. The van der Waals surface area contributed by atoms with Gasteiger partial charge in [0.25, 0.3) is 5.91 Å².